The Balaban J connectivity index is 2.22. The Morgan fingerprint density at radius 2 is 2.24 bits per heavy atom. The highest BCUT2D eigenvalue weighted by atomic mass is 16.5. The molecule has 0 bridgehead atoms. The maximum atomic E-state index is 11.7. The third kappa shape index (κ3) is 2.20. The maximum Gasteiger partial charge on any atom is 0.315 e. The first-order valence-electron chi connectivity index (χ1n) is 6.35. The maximum absolute atomic E-state index is 11.7. The van der Waals surface area contributed by atoms with Gasteiger partial charge in [-0.3, -0.25) is 9.78 Å². The van der Waals surface area contributed by atoms with Crippen LogP contribution >= 0.6 is 0 Å². The second kappa shape index (κ2) is 5.24. The minimum absolute atomic E-state index is 0.589. The van der Waals surface area contributed by atoms with E-state index >= 15 is 0 Å². The smallest absolute Gasteiger partial charge is 0.315 e. The van der Waals surface area contributed by atoms with Gasteiger partial charge in [0.1, 0.15) is 17.2 Å². The molecule has 2 heterocycles. The number of fused-ring (bicyclic) bond motifs is 1. The van der Waals surface area contributed by atoms with Crippen LogP contribution in [-0.4, -0.2) is 33.1 Å². The Labute approximate surface area is 120 Å². The van der Waals surface area contributed by atoms with Crippen molar-refractivity contribution in [1.29, 1.82) is 0 Å². The lowest BCUT2D eigenvalue weighted by atomic mass is 9.91. The molecule has 3 aromatic rings. The number of H-pyrrole nitrogens is 1. The van der Waals surface area contributed by atoms with Crippen LogP contribution in [0.15, 0.2) is 43.0 Å². The number of carboxylic acids is 1. The third-order valence-electron chi connectivity index (χ3n) is 3.37. The van der Waals surface area contributed by atoms with Crippen molar-refractivity contribution in [2.24, 2.45) is 0 Å². The van der Waals surface area contributed by atoms with E-state index in [2.05, 4.69) is 15.0 Å². The van der Waals surface area contributed by atoms with Crippen molar-refractivity contribution in [3.05, 3.63) is 54.1 Å². The van der Waals surface area contributed by atoms with E-state index in [9.17, 15) is 9.90 Å². The number of aromatic amines is 1. The van der Waals surface area contributed by atoms with E-state index in [1.807, 2.05) is 0 Å². The van der Waals surface area contributed by atoms with Crippen LogP contribution in [0.4, 0.5) is 0 Å². The summed E-state index contributed by atoms with van der Waals surface area (Å²) in [6, 6.07) is 6.93. The highest BCUT2D eigenvalue weighted by Gasteiger charge is 2.26. The number of pyridine rings is 1. The number of aromatic nitrogens is 3. The van der Waals surface area contributed by atoms with Crippen molar-refractivity contribution in [1.82, 2.24) is 15.0 Å². The van der Waals surface area contributed by atoms with Gasteiger partial charge in [0.15, 0.2) is 0 Å². The molecule has 0 saturated carbocycles. The molecule has 21 heavy (non-hydrogen) atoms. The van der Waals surface area contributed by atoms with Crippen LogP contribution in [0.5, 0.6) is 5.75 Å². The zero-order valence-corrected chi connectivity index (χ0v) is 11.3. The summed E-state index contributed by atoms with van der Waals surface area (Å²) >= 11 is 0. The van der Waals surface area contributed by atoms with E-state index in [0.717, 1.165) is 0 Å². The number of carbonyl (C=O) groups is 1. The minimum Gasteiger partial charge on any atom is -0.494 e. The quantitative estimate of drug-likeness (QED) is 0.766. The summed E-state index contributed by atoms with van der Waals surface area (Å²) in [7, 11) is 1.56. The number of benzene rings is 1. The summed E-state index contributed by atoms with van der Waals surface area (Å²) in [5.41, 5.74) is 2.49. The van der Waals surface area contributed by atoms with Gasteiger partial charge >= 0.3 is 5.97 Å². The summed E-state index contributed by atoms with van der Waals surface area (Å²) in [5.74, 6) is -1.14. The lowest BCUT2D eigenvalue weighted by Gasteiger charge is -2.14. The van der Waals surface area contributed by atoms with Gasteiger partial charge in [-0.15, -0.1) is 0 Å². The first-order chi connectivity index (χ1) is 10.2. The van der Waals surface area contributed by atoms with Gasteiger partial charge in [-0.05, 0) is 23.3 Å². The topological polar surface area (TPSA) is 88.1 Å². The molecule has 1 aromatic carbocycles. The number of nitrogens with one attached hydrogen (secondary N) is 1. The molecule has 6 heteroatoms. The van der Waals surface area contributed by atoms with Crippen molar-refractivity contribution < 1.29 is 14.6 Å². The van der Waals surface area contributed by atoms with Gasteiger partial charge in [0.2, 0.25) is 0 Å². The Kier molecular flexibility index (Phi) is 3.27. The SMILES string of the molecule is COc1ccc(C(C(=O)O)c2cccnc2)c2nc[nH]c12. The molecular formula is C15H13N3O3. The Morgan fingerprint density at radius 3 is 2.90 bits per heavy atom. The summed E-state index contributed by atoms with van der Waals surface area (Å²) in [6.07, 6.45) is 4.70. The average Bonchev–Trinajstić information content (AvgIpc) is 2.98. The van der Waals surface area contributed by atoms with Crippen molar-refractivity contribution in [3.63, 3.8) is 0 Å². The summed E-state index contributed by atoms with van der Waals surface area (Å²) in [5, 5.41) is 9.61. The van der Waals surface area contributed by atoms with Gasteiger partial charge in [0, 0.05) is 12.4 Å². The van der Waals surface area contributed by atoms with Gasteiger partial charge in [0.05, 0.1) is 19.0 Å². The zero-order valence-electron chi connectivity index (χ0n) is 11.3. The molecule has 1 atom stereocenters. The number of rotatable bonds is 4. The van der Waals surface area contributed by atoms with Crippen LogP contribution in [-0.2, 0) is 4.79 Å². The second-order valence-corrected chi connectivity index (χ2v) is 4.54. The Morgan fingerprint density at radius 1 is 1.38 bits per heavy atom. The largest absolute Gasteiger partial charge is 0.494 e. The Bertz CT molecular complexity index is 783. The number of carboxylic acid groups (broad SMARTS) is 1. The van der Waals surface area contributed by atoms with Crippen LogP contribution in [0.1, 0.15) is 17.0 Å². The number of hydrogen-bond donors (Lipinski definition) is 2. The fraction of sp³-hybridized carbons (Fsp3) is 0.133. The molecule has 2 N–H and O–H groups in total. The van der Waals surface area contributed by atoms with Crippen molar-refractivity contribution in [2.45, 2.75) is 5.92 Å². The van der Waals surface area contributed by atoms with E-state index in [0.29, 0.717) is 27.9 Å². The van der Waals surface area contributed by atoms with Crippen LogP contribution in [0.2, 0.25) is 0 Å². The van der Waals surface area contributed by atoms with Crippen LogP contribution in [0, 0.1) is 0 Å². The second-order valence-electron chi connectivity index (χ2n) is 4.54. The zero-order chi connectivity index (χ0) is 14.8. The monoisotopic (exact) mass is 283 g/mol. The highest BCUT2D eigenvalue weighted by Crippen LogP contribution is 2.33. The molecule has 0 amide bonds. The van der Waals surface area contributed by atoms with Gasteiger partial charge < -0.3 is 14.8 Å². The van der Waals surface area contributed by atoms with E-state index < -0.39 is 11.9 Å². The number of methoxy groups -OCH3 is 1. The molecule has 0 radical (unpaired) electrons. The van der Waals surface area contributed by atoms with Crippen molar-refractivity contribution in [3.8, 4) is 5.75 Å². The van der Waals surface area contributed by atoms with Crippen LogP contribution < -0.4 is 4.74 Å². The number of aliphatic carboxylic acids is 1. The number of nitrogens with zero attached hydrogens (tertiary/aromatic N) is 2. The number of ether oxygens (including phenoxy) is 1. The van der Waals surface area contributed by atoms with Gasteiger partial charge in [0.25, 0.3) is 0 Å². The minimum atomic E-state index is -0.947. The van der Waals surface area contributed by atoms with Crippen molar-refractivity contribution in [2.75, 3.05) is 7.11 Å². The lowest BCUT2D eigenvalue weighted by molar-refractivity contribution is -0.137. The van der Waals surface area contributed by atoms with Crippen LogP contribution in [0.3, 0.4) is 0 Å². The van der Waals surface area contributed by atoms with Gasteiger partial charge in [-0.2, -0.15) is 0 Å². The molecule has 0 fully saturated rings. The first-order valence-corrected chi connectivity index (χ1v) is 6.35. The summed E-state index contributed by atoms with van der Waals surface area (Å²) < 4.78 is 5.26. The molecule has 0 saturated heterocycles. The molecule has 6 nitrogen and oxygen atoms in total. The van der Waals surface area contributed by atoms with Gasteiger partial charge in [-0.25, -0.2) is 4.98 Å². The first kappa shape index (κ1) is 13.1. The molecule has 0 aliphatic heterocycles. The van der Waals surface area contributed by atoms with E-state index in [-0.39, 0.29) is 0 Å². The molecular weight excluding hydrogens is 270 g/mol. The van der Waals surface area contributed by atoms with E-state index in [4.69, 9.17) is 4.74 Å². The highest BCUT2D eigenvalue weighted by molar-refractivity contribution is 5.91. The molecule has 0 aliphatic rings. The Hall–Kier alpha value is -2.89. The summed E-state index contributed by atoms with van der Waals surface area (Å²) in [6.45, 7) is 0. The fourth-order valence-electron chi connectivity index (χ4n) is 2.43. The molecule has 106 valence electrons. The number of hydrogen-bond acceptors (Lipinski definition) is 4. The molecule has 2 aromatic heterocycles. The molecule has 3 rings (SSSR count). The predicted octanol–water partition coefficient (Wildman–Crippen LogP) is 2.18. The fourth-order valence-corrected chi connectivity index (χ4v) is 2.43. The molecule has 1 unspecified atom stereocenters. The van der Waals surface area contributed by atoms with E-state index in [1.165, 1.54) is 6.33 Å². The van der Waals surface area contributed by atoms with Gasteiger partial charge in [-0.1, -0.05) is 12.1 Å². The van der Waals surface area contributed by atoms with Crippen molar-refractivity contribution >= 4 is 17.0 Å². The average molecular weight is 283 g/mol. The molecule has 0 aliphatic carbocycles. The summed E-state index contributed by atoms with van der Waals surface area (Å²) in [4.78, 5) is 22.9. The lowest BCUT2D eigenvalue weighted by Crippen LogP contribution is -2.14. The van der Waals surface area contributed by atoms with E-state index in [1.54, 1.807) is 43.8 Å². The third-order valence-corrected chi connectivity index (χ3v) is 3.37. The van der Waals surface area contributed by atoms with Crippen LogP contribution in [0.25, 0.3) is 11.0 Å². The normalized spacial score (nSPS) is 12.2. The number of imidazole rings is 1. The standard InChI is InChI=1S/C15H13N3O3/c1-21-11-5-4-10(13-14(11)18-8-17-13)12(15(19)20)9-3-2-6-16-7-9/h2-8,12H,1H3,(H,17,18)(H,19,20). The predicted molar refractivity (Wildman–Crippen MR) is 76.4 cm³/mol. The molecule has 0 spiro atoms.